The Kier molecular flexibility index (Phi) is 3.88. The van der Waals surface area contributed by atoms with Crippen molar-refractivity contribution in [3.63, 3.8) is 0 Å². The second kappa shape index (κ2) is 6.06. The summed E-state index contributed by atoms with van der Waals surface area (Å²) in [5.41, 5.74) is 1.12. The molecule has 1 aromatic carbocycles. The van der Waals surface area contributed by atoms with Crippen LogP contribution in [-0.2, 0) is 18.4 Å². The summed E-state index contributed by atoms with van der Waals surface area (Å²) >= 11 is 0. The van der Waals surface area contributed by atoms with Crippen molar-refractivity contribution in [2.24, 2.45) is 7.05 Å². The smallest absolute Gasteiger partial charge is 0.228 e. The Balaban J connectivity index is 1.40. The molecule has 1 amide bonds. The lowest BCUT2D eigenvalue weighted by Crippen LogP contribution is -2.50. The number of hydrogen-bond acceptors (Lipinski definition) is 3. The highest BCUT2D eigenvalue weighted by Gasteiger charge is 2.46. The molecule has 2 fully saturated rings. The first kappa shape index (κ1) is 15.4. The molecule has 2 aromatic rings. The number of imidazole rings is 1. The van der Waals surface area contributed by atoms with Crippen LogP contribution in [0.25, 0.3) is 0 Å². The van der Waals surface area contributed by atoms with Crippen LogP contribution in [0.15, 0.2) is 42.7 Å². The Morgan fingerprint density at radius 2 is 2.00 bits per heavy atom. The second-order valence-electron chi connectivity index (χ2n) is 7.17. The lowest BCUT2D eigenvalue weighted by molar-refractivity contribution is -0.121. The number of amides is 1. The third-order valence-electron chi connectivity index (χ3n) is 5.60. The molecule has 0 bridgehead atoms. The summed E-state index contributed by atoms with van der Waals surface area (Å²) in [6, 6.07) is 10.2. The van der Waals surface area contributed by atoms with Gasteiger partial charge in [0.2, 0.25) is 5.91 Å². The fraction of sp³-hybridized carbons (Fsp3) is 0.474. The maximum atomic E-state index is 12.5. The van der Waals surface area contributed by atoms with Crippen LogP contribution in [0.3, 0.4) is 0 Å². The Morgan fingerprint density at radius 3 is 2.67 bits per heavy atom. The quantitative estimate of drug-likeness (QED) is 0.940. The SMILES string of the molecule is Cn1ccnc1CN1CCC2(CC1)CC(c1ccccc1)C(=O)N2. The van der Waals surface area contributed by atoms with E-state index in [9.17, 15) is 4.79 Å². The molecular formula is C19H24N4O. The fourth-order valence-electron chi connectivity index (χ4n) is 4.05. The van der Waals surface area contributed by atoms with Crippen LogP contribution in [0, 0.1) is 0 Å². The number of carbonyl (C=O) groups is 1. The maximum Gasteiger partial charge on any atom is 0.228 e. The van der Waals surface area contributed by atoms with Gasteiger partial charge in [0.25, 0.3) is 0 Å². The lowest BCUT2D eigenvalue weighted by Gasteiger charge is -2.39. The number of likely N-dealkylation sites (tertiary alicyclic amines) is 1. The number of piperidine rings is 1. The summed E-state index contributed by atoms with van der Waals surface area (Å²) in [6.45, 7) is 2.90. The molecule has 1 unspecified atom stereocenters. The normalized spacial score (nSPS) is 23.5. The minimum absolute atomic E-state index is 0.00675. The van der Waals surface area contributed by atoms with E-state index in [2.05, 4.69) is 31.9 Å². The molecule has 4 rings (SSSR count). The number of hydrogen-bond donors (Lipinski definition) is 1. The number of nitrogens with zero attached hydrogens (tertiary/aromatic N) is 3. The van der Waals surface area contributed by atoms with Gasteiger partial charge in [0.15, 0.2) is 0 Å². The first-order valence-corrected chi connectivity index (χ1v) is 8.71. The second-order valence-corrected chi connectivity index (χ2v) is 7.17. The van der Waals surface area contributed by atoms with E-state index in [4.69, 9.17) is 0 Å². The summed E-state index contributed by atoms with van der Waals surface area (Å²) in [7, 11) is 2.04. The highest BCUT2D eigenvalue weighted by atomic mass is 16.2. The average Bonchev–Trinajstić information content (AvgIpc) is 3.14. The standard InChI is InChI=1S/C19H24N4O/c1-22-12-9-20-17(22)14-23-10-7-19(8-11-23)13-16(18(24)21-19)15-5-3-2-4-6-15/h2-6,9,12,16H,7-8,10-11,13-14H2,1H3,(H,21,24). The predicted octanol–water partition coefficient (Wildman–Crippen LogP) is 2.06. The number of benzene rings is 1. The molecule has 2 saturated heterocycles. The number of carbonyl (C=O) groups excluding carboxylic acids is 1. The van der Waals surface area contributed by atoms with Crippen LogP contribution in [0.4, 0.5) is 0 Å². The Hall–Kier alpha value is -2.14. The first-order valence-electron chi connectivity index (χ1n) is 8.71. The lowest BCUT2D eigenvalue weighted by atomic mass is 9.82. The summed E-state index contributed by atoms with van der Waals surface area (Å²) < 4.78 is 2.08. The van der Waals surface area contributed by atoms with Crippen LogP contribution in [0.1, 0.15) is 36.6 Å². The molecule has 2 aliphatic heterocycles. The van der Waals surface area contributed by atoms with E-state index in [0.717, 1.165) is 50.3 Å². The van der Waals surface area contributed by atoms with E-state index in [0.29, 0.717) is 0 Å². The van der Waals surface area contributed by atoms with Crippen molar-refractivity contribution in [2.45, 2.75) is 37.3 Å². The minimum atomic E-state index is -0.0181. The molecule has 1 N–H and O–H groups in total. The van der Waals surface area contributed by atoms with Gasteiger partial charge in [0.05, 0.1) is 12.5 Å². The fourth-order valence-corrected chi connectivity index (χ4v) is 4.05. The van der Waals surface area contributed by atoms with Gasteiger partial charge in [-0.15, -0.1) is 0 Å². The molecule has 1 aromatic heterocycles. The third kappa shape index (κ3) is 2.84. The van der Waals surface area contributed by atoms with Crippen molar-refractivity contribution in [1.29, 1.82) is 0 Å². The van der Waals surface area contributed by atoms with Gasteiger partial charge in [-0.1, -0.05) is 30.3 Å². The average molecular weight is 324 g/mol. The molecule has 5 heteroatoms. The summed E-state index contributed by atoms with van der Waals surface area (Å²) in [4.78, 5) is 19.3. The van der Waals surface area contributed by atoms with Crippen molar-refractivity contribution in [3.05, 3.63) is 54.1 Å². The topological polar surface area (TPSA) is 50.2 Å². The largest absolute Gasteiger partial charge is 0.350 e. The monoisotopic (exact) mass is 324 g/mol. The molecule has 1 atom stereocenters. The summed E-state index contributed by atoms with van der Waals surface area (Å²) in [5.74, 6) is 1.30. The predicted molar refractivity (Wildman–Crippen MR) is 92.4 cm³/mol. The molecule has 1 spiro atoms. The van der Waals surface area contributed by atoms with Gasteiger partial charge in [-0.05, 0) is 24.8 Å². The number of rotatable bonds is 3. The molecular weight excluding hydrogens is 300 g/mol. The molecule has 5 nitrogen and oxygen atoms in total. The van der Waals surface area contributed by atoms with Crippen LogP contribution >= 0.6 is 0 Å². The number of aryl methyl sites for hydroxylation is 1. The van der Waals surface area contributed by atoms with Crippen LogP contribution in [0.2, 0.25) is 0 Å². The van der Waals surface area contributed by atoms with Gasteiger partial charge in [-0.3, -0.25) is 9.69 Å². The van der Waals surface area contributed by atoms with Gasteiger partial charge in [-0.25, -0.2) is 4.98 Å². The van der Waals surface area contributed by atoms with Crippen molar-refractivity contribution >= 4 is 5.91 Å². The van der Waals surface area contributed by atoms with Gasteiger partial charge in [0, 0.05) is 38.1 Å². The molecule has 0 radical (unpaired) electrons. The number of aromatic nitrogens is 2. The molecule has 24 heavy (non-hydrogen) atoms. The van der Waals surface area contributed by atoms with E-state index in [1.165, 1.54) is 0 Å². The molecule has 0 saturated carbocycles. The zero-order chi connectivity index (χ0) is 16.6. The third-order valence-corrected chi connectivity index (χ3v) is 5.60. The van der Waals surface area contributed by atoms with Crippen molar-refractivity contribution in [1.82, 2.24) is 19.8 Å². The Morgan fingerprint density at radius 1 is 1.25 bits per heavy atom. The van der Waals surface area contributed by atoms with Crippen molar-refractivity contribution in [2.75, 3.05) is 13.1 Å². The van der Waals surface area contributed by atoms with E-state index in [-0.39, 0.29) is 17.4 Å². The zero-order valence-corrected chi connectivity index (χ0v) is 14.1. The molecule has 3 heterocycles. The van der Waals surface area contributed by atoms with Crippen molar-refractivity contribution < 1.29 is 4.79 Å². The van der Waals surface area contributed by atoms with Gasteiger partial charge in [-0.2, -0.15) is 0 Å². The summed E-state index contributed by atoms with van der Waals surface area (Å²) in [5, 5.41) is 3.32. The van der Waals surface area contributed by atoms with E-state index < -0.39 is 0 Å². The Labute approximate surface area is 142 Å². The summed E-state index contributed by atoms with van der Waals surface area (Å²) in [6.07, 6.45) is 6.80. The van der Waals surface area contributed by atoms with E-state index in [1.807, 2.05) is 37.6 Å². The van der Waals surface area contributed by atoms with Gasteiger partial charge >= 0.3 is 0 Å². The highest BCUT2D eigenvalue weighted by molar-refractivity contribution is 5.87. The van der Waals surface area contributed by atoms with E-state index >= 15 is 0 Å². The minimum Gasteiger partial charge on any atom is -0.350 e. The zero-order valence-electron chi connectivity index (χ0n) is 14.1. The van der Waals surface area contributed by atoms with Gasteiger partial charge < -0.3 is 9.88 Å². The van der Waals surface area contributed by atoms with Crippen LogP contribution < -0.4 is 5.32 Å². The number of nitrogens with one attached hydrogen (secondary N) is 1. The van der Waals surface area contributed by atoms with Gasteiger partial charge in [0.1, 0.15) is 5.82 Å². The highest BCUT2D eigenvalue weighted by Crippen LogP contribution is 2.39. The van der Waals surface area contributed by atoms with Crippen LogP contribution in [0.5, 0.6) is 0 Å². The van der Waals surface area contributed by atoms with Crippen LogP contribution in [-0.4, -0.2) is 39.0 Å². The maximum absolute atomic E-state index is 12.5. The first-order chi connectivity index (χ1) is 11.7. The molecule has 0 aliphatic carbocycles. The Bertz CT molecular complexity index is 716. The molecule has 2 aliphatic rings. The van der Waals surface area contributed by atoms with Crippen molar-refractivity contribution in [3.8, 4) is 0 Å². The molecule has 126 valence electrons. The van der Waals surface area contributed by atoms with E-state index in [1.54, 1.807) is 0 Å².